The predicted octanol–water partition coefficient (Wildman–Crippen LogP) is 2.30. The Kier molecular flexibility index (Phi) is 5.75. The van der Waals surface area contributed by atoms with Crippen LogP contribution in [-0.2, 0) is 4.79 Å². The number of amides is 2. The molecule has 0 atom stereocenters. The zero-order valence-corrected chi connectivity index (χ0v) is 15.6. The molecule has 2 rings (SSSR count). The van der Waals surface area contributed by atoms with E-state index in [9.17, 15) is 9.59 Å². The third-order valence-corrected chi connectivity index (χ3v) is 5.07. The largest absolute Gasteiger partial charge is 0.378 e. The molecule has 6 heteroatoms. The number of anilines is 1. The van der Waals surface area contributed by atoms with E-state index in [0.29, 0.717) is 37.6 Å². The van der Waals surface area contributed by atoms with Crippen molar-refractivity contribution in [2.24, 2.45) is 5.41 Å². The number of benzene rings is 1. The van der Waals surface area contributed by atoms with E-state index >= 15 is 0 Å². The van der Waals surface area contributed by atoms with Crippen LogP contribution in [0.15, 0.2) is 24.3 Å². The smallest absolute Gasteiger partial charge is 0.253 e. The van der Waals surface area contributed by atoms with Crippen LogP contribution in [0.4, 0.5) is 5.69 Å². The summed E-state index contributed by atoms with van der Waals surface area (Å²) < 4.78 is 0. The first-order valence-corrected chi connectivity index (χ1v) is 8.72. The number of nitrogens with zero attached hydrogens (tertiary/aromatic N) is 3. The van der Waals surface area contributed by atoms with Crippen molar-refractivity contribution in [2.75, 3.05) is 51.1 Å². The van der Waals surface area contributed by atoms with Gasteiger partial charge in [-0.05, 0) is 38.1 Å². The van der Waals surface area contributed by atoms with Crippen LogP contribution in [0.3, 0.4) is 0 Å². The fourth-order valence-corrected chi connectivity index (χ4v) is 2.80. The van der Waals surface area contributed by atoms with Crippen molar-refractivity contribution < 1.29 is 9.59 Å². The molecule has 5 nitrogen and oxygen atoms in total. The highest BCUT2D eigenvalue weighted by atomic mass is 35.5. The lowest BCUT2D eigenvalue weighted by molar-refractivity contribution is -0.140. The second-order valence-electron chi connectivity index (χ2n) is 7.04. The van der Waals surface area contributed by atoms with Crippen molar-refractivity contribution in [3.63, 3.8) is 0 Å². The van der Waals surface area contributed by atoms with E-state index in [1.807, 2.05) is 62.0 Å². The molecular weight excluding hydrogens is 326 g/mol. The minimum atomic E-state index is -0.560. The quantitative estimate of drug-likeness (QED) is 0.782. The number of rotatable bonds is 4. The Morgan fingerprint density at radius 2 is 1.54 bits per heavy atom. The van der Waals surface area contributed by atoms with Crippen LogP contribution in [-0.4, -0.2) is 67.8 Å². The first-order valence-electron chi connectivity index (χ1n) is 8.18. The van der Waals surface area contributed by atoms with Crippen molar-refractivity contribution in [2.45, 2.75) is 13.8 Å². The predicted molar refractivity (Wildman–Crippen MR) is 97.8 cm³/mol. The zero-order chi connectivity index (χ0) is 17.9. The summed E-state index contributed by atoms with van der Waals surface area (Å²) in [4.78, 5) is 30.6. The van der Waals surface area contributed by atoms with Gasteiger partial charge in [-0.25, -0.2) is 0 Å². The van der Waals surface area contributed by atoms with Crippen LogP contribution < -0.4 is 4.90 Å². The lowest BCUT2D eigenvalue weighted by Crippen LogP contribution is -2.53. The number of halogens is 1. The van der Waals surface area contributed by atoms with E-state index in [-0.39, 0.29) is 11.8 Å². The Bertz CT molecular complexity index is 591. The third-order valence-electron chi connectivity index (χ3n) is 4.40. The molecule has 0 saturated carbocycles. The standard InChI is InChI=1S/C18H26ClN3O2/c1-18(2,13-19)17(24)22-11-9-21(10-12-22)16(23)14-5-7-15(8-6-14)20(3)4/h5-8H,9-13H2,1-4H3. The van der Waals surface area contributed by atoms with Gasteiger partial charge in [-0.2, -0.15) is 0 Å². The first kappa shape index (κ1) is 18.6. The minimum Gasteiger partial charge on any atom is -0.378 e. The van der Waals surface area contributed by atoms with Crippen molar-refractivity contribution >= 4 is 29.1 Å². The van der Waals surface area contributed by atoms with Gasteiger partial charge in [0.1, 0.15) is 0 Å². The van der Waals surface area contributed by atoms with Crippen LogP contribution >= 0.6 is 11.6 Å². The fourth-order valence-electron chi connectivity index (χ4n) is 2.68. The van der Waals surface area contributed by atoms with E-state index in [1.54, 1.807) is 4.90 Å². The lowest BCUT2D eigenvalue weighted by atomic mass is 9.94. The Labute approximate surface area is 149 Å². The SMILES string of the molecule is CN(C)c1ccc(C(=O)N2CCN(C(=O)C(C)(C)CCl)CC2)cc1. The number of carbonyl (C=O) groups is 2. The maximum atomic E-state index is 12.6. The highest BCUT2D eigenvalue weighted by Gasteiger charge is 2.33. The first-order chi connectivity index (χ1) is 11.3. The van der Waals surface area contributed by atoms with Gasteiger partial charge in [-0.15, -0.1) is 11.6 Å². The van der Waals surface area contributed by atoms with Crippen molar-refractivity contribution in [3.05, 3.63) is 29.8 Å². The van der Waals surface area contributed by atoms with Gasteiger partial charge in [0, 0.05) is 57.4 Å². The number of carbonyl (C=O) groups excluding carboxylic acids is 2. The molecule has 0 unspecified atom stereocenters. The van der Waals surface area contributed by atoms with Gasteiger partial charge in [0.2, 0.25) is 5.91 Å². The van der Waals surface area contributed by atoms with Gasteiger partial charge in [0.25, 0.3) is 5.91 Å². The van der Waals surface area contributed by atoms with Gasteiger partial charge in [0.05, 0.1) is 5.41 Å². The molecule has 132 valence electrons. The summed E-state index contributed by atoms with van der Waals surface area (Å²) in [5.41, 5.74) is 1.18. The maximum Gasteiger partial charge on any atom is 0.253 e. The van der Waals surface area contributed by atoms with Crippen molar-refractivity contribution in [1.82, 2.24) is 9.80 Å². The minimum absolute atomic E-state index is 0.0176. The van der Waals surface area contributed by atoms with E-state index in [0.717, 1.165) is 5.69 Å². The summed E-state index contributed by atoms with van der Waals surface area (Å²) in [6.07, 6.45) is 0. The van der Waals surface area contributed by atoms with Crippen LogP contribution in [0.5, 0.6) is 0 Å². The molecule has 0 aliphatic carbocycles. The van der Waals surface area contributed by atoms with Gasteiger partial charge in [0.15, 0.2) is 0 Å². The second kappa shape index (κ2) is 7.43. The van der Waals surface area contributed by atoms with E-state index in [1.165, 1.54) is 0 Å². The van der Waals surface area contributed by atoms with E-state index in [2.05, 4.69) is 0 Å². The van der Waals surface area contributed by atoms with Gasteiger partial charge >= 0.3 is 0 Å². The number of hydrogen-bond donors (Lipinski definition) is 0. The number of piperazine rings is 1. The Balaban J connectivity index is 1.96. The van der Waals surface area contributed by atoms with Gasteiger partial charge < -0.3 is 14.7 Å². The molecule has 1 aromatic carbocycles. The molecular formula is C18H26ClN3O2. The Morgan fingerprint density at radius 1 is 1.04 bits per heavy atom. The molecule has 1 aromatic rings. The van der Waals surface area contributed by atoms with Crippen molar-refractivity contribution in [3.8, 4) is 0 Å². The molecule has 1 fully saturated rings. The van der Waals surface area contributed by atoms with E-state index < -0.39 is 5.41 Å². The molecule has 0 spiro atoms. The Hall–Kier alpha value is -1.75. The fraction of sp³-hybridized carbons (Fsp3) is 0.556. The van der Waals surface area contributed by atoms with Crippen LogP contribution in [0.25, 0.3) is 0 Å². The molecule has 1 aliphatic heterocycles. The summed E-state index contributed by atoms with van der Waals surface area (Å²) in [5, 5.41) is 0. The summed E-state index contributed by atoms with van der Waals surface area (Å²) in [6, 6.07) is 7.59. The highest BCUT2D eigenvalue weighted by Crippen LogP contribution is 2.22. The molecule has 0 radical (unpaired) electrons. The molecule has 1 heterocycles. The molecule has 0 aromatic heterocycles. The maximum absolute atomic E-state index is 12.6. The average molecular weight is 352 g/mol. The molecule has 24 heavy (non-hydrogen) atoms. The molecule has 1 saturated heterocycles. The molecule has 0 bridgehead atoms. The van der Waals surface area contributed by atoms with Gasteiger partial charge in [-0.3, -0.25) is 9.59 Å². The van der Waals surface area contributed by atoms with Crippen LogP contribution in [0.2, 0.25) is 0 Å². The number of hydrogen-bond acceptors (Lipinski definition) is 3. The molecule has 1 aliphatic rings. The second-order valence-corrected chi connectivity index (χ2v) is 7.31. The van der Waals surface area contributed by atoms with Crippen LogP contribution in [0, 0.1) is 5.41 Å². The summed E-state index contributed by atoms with van der Waals surface area (Å²) in [6.45, 7) is 5.93. The van der Waals surface area contributed by atoms with Gasteiger partial charge in [-0.1, -0.05) is 0 Å². The average Bonchev–Trinajstić information content (AvgIpc) is 2.60. The summed E-state index contributed by atoms with van der Waals surface area (Å²) in [5.74, 6) is 0.368. The van der Waals surface area contributed by atoms with E-state index in [4.69, 9.17) is 11.6 Å². The topological polar surface area (TPSA) is 43.9 Å². The highest BCUT2D eigenvalue weighted by molar-refractivity contribution is 6.19. The third kappa shape index (κ3) is 4.01. The molecule has 2 amide bonds. The van der Waals surface area contributed by atoms with Crippen LogP contribution in [0.1, 0.15) is 24.2 Å². The summed E-state index contributed by atoms with van der Waals surface area (Å²) >= 11 is 5.89. The normalized spacial score (nSPS) is 15.4. The molecule has 0 N–H and O–H groups in total. The Morgan fingerprint density at radius 3 is 2.00 bits per heavy atom. The monoisotopic (exact) mass is 351 g/mol. The lowest BCUT2D eigenvalue weighted by Gasteiger charge is -2.38. The number of alkyl halides is 1. The zero-order valence-electron chi connectivity index (χ0n) is 14.9. The summed E-state index contributed by atoms with van der Waals surface area (Å²) in [7, 11) is 3.94. The van der Waals surface area contributed by atoms with Crippen molar-refractivity contribution in [1.29, 1.82) is 0 Å².